The Labute approximate surface area is 223 Å². The molecule has 0 saturated carbocycles. The fourth-order valence-electron chi connectivity index (χ4n) is 4.70. The van der Waals surface area contributed by atoms with Crippen molar-refractivity contribution in [1.82, 2.24) is 24.7 Å². The number of fused-ring (bicyclic) bond motifs is 2. The van der Waals surface area contributed by atoms with Crippen molar-refractivity contribution >= 4 is 46.6 Å². The predicted molar refractivity (Wildman–Crippen MR) is 137 cm³/mol. The maximum absolute atomic E-state index is 13.8. The molecule has 4 N–H and O–H groups in total. The highest BCUT2D eigenvalue weighted by molar-refractivity contribution is 8.00. The van der Waals surface area contributed by atoms with Gasteiger partial charge in [-0.3, -0.25) is 19.1 Å². The molecule has 0 aliphatic carbocycles. The number of halogens is 1. The predicted octanol–water partition coefficient (Wildman–Crippen LogP) is 1.24. The van der Waals surface area contributed by atoms with Gasteiger partial charge in [-0.25, -0.2) is 23.3 Å². The van der Waals surface area contributed by atoms with Crippen LogP contribution < -0.4 is 16.3 Å². The Morgan fingerprint density at radius 2 is 1.82 bits per heavy atom. The summed E-state index contributed by atoms with van der Waals surface area (Å²) in [6, 6.07) is 5.91. The number of aromatic nitrogens is 2. The van der Waals surface area contributed by atoms with Crippen molar-refractivity contribution in [3.8, 4) is 5.75 Å². The van der Waals surface area contributed by atoms with E-state index in [0.717, 1.165) is 21.6 Å². The molecule has 2 aromatic carbocycles. The number of phenols is 1. The number of nitrogens with one attached hydrogen (secondary N) is 2. The summed E-state index contributed by atoms with van der Waals surface area (Å²) in [7, 11) is 1.48. The maximum Gasteiger partial charge on any atom is 0.352 e. The number of aryl methyl sites for hydroxylation is 1. The van der Waals surface area contributed by atoms with Gasteiger partial charge in [-0.15, -0.1) is 11.8 Å². The molecule has 3 amide bonds. The van der Waals surface area contributed by atoms with Crippen LogP contribution in [0, 0.1) is 5.82 Å². The van der Waals surface area contributed by atoms with Crippen LogP contribution in [0.5, 0.6) is 5.75 Å². The average molecular weight is 556 g/mol. The summed E-state index contributed by atoms with van der Waals surface area (Å²) in [6.45, 7) is 1.60. The van der Waals surface area contributed by atoms with Crippen LogP contribution in [0.2, 0.25) is 0 Å². The van der Waals surface area contributed by atoms with Gasteiger partial charge in [0.2, 0.25) is 5.91 Å². The van der Waals surface area contributed by atoms with Crippen molar-refractivity contribution in [3.63, 3.8) is 0 Å². The number of hydrogen-bond donors (Lipinski definition) is 4. The first-order valence-corrected chi connectivity index (χ1v) is 12.7. The minimum absolute atomic E-state index is 0.0186. The molecule has 202 valence electrons. The van der Waals surface area contributed by atoms with E-state index in [1.165, 1.54) is 29.4 Å². The van der Waals surface area contributed by atoms with E-state index in [-0.39, 0.29) is 16.8 Å². The number of para-hydroxylation sites is 2. The van der Waals surface area contributed by atoms with Crippen molar-refractivity contribution in [3.05, 3.63) is 75.6 Å². The number of nitrogens with zero attached hydrogens (tertiary/aromatic N) is 3. The second kappa shape index (κ2) is 9.62. The molecule has 3 aromatic rings. The van der Waals surface area contributed by atoms with Gasteiger partial charge in [-0.1, -0.05) is 18.2 Å². The normalized spacial score (nSPS) is 19.4. The molecule has 1 fully saturated rings. The van der Waals surface area contributed by atoms with E-state index in [9.17, 15) is 38.6 Å². The number of carbonyl (C=O) groups excluding carboxylic acids is 3. The maximum atomic E-state index is 13.8. The zero-order chi connectivity index (χ0) is 28.2. The smallest absolute Gasteiger partial charge is 0.352 e. The van der Waals surface area contributed by atoms with Crippen molar-refractivity contribution in [2.45, 2.75) is 24.4 Å². The lowest BCUT2D eigenvalue weighted by Crippen LogP contribution is -2.71. The Hall–Kier alpha value is -4.59. The molecule has 14 heteroatoms. The molecule has 2 aliphatic heterocycles. The molecule has 5 rings (SSSR count). The van der Waals surface area contributed by atoms with Gasteiger partial charge in [0.05, 0.1) is 11.0 Å². The molecule has 1 saturated heterocycles. The number of rotatable bonds is 5. The number of carboxylic acids is 1. The first kappa shape index (κ1) is 26.0. The van der Waals surface area contributed by atoms with Crippen LogP contribution >= 0.6 is 11.8 Å². The molecule has 1 aromatic heterocycles. The van der Waals surface area contributed by atoms with Gasteiger partial charge in [-0.05, 0) is 42.3 Å². The van der Waals surface area contributed by atoms with Crippen molar-refractivity contribution in [1.29, 1.82) is 0 Å². The van der Waals surface area contributed by atoms with E-state index in [1.807, 2.05) is 0 Å². The SMILES string of the molecule is CC1=C(C(=O)O)N2C(=O)C(NC(=O)C(NC(=O)n3c(=O)n(C)c4ccccc43)c3ccc(F)c(O)c3)[C@@H]2SC1. The number of imidazole rings is 1. The van der Waals surface area contributed by atoms with E-state index in [4.69, 9.17) is 0 Å². The Morgan fingerprint density at radius 3 is 2.49 bits per heavy atom. The van der Waals surface area contributed by atoms with Gasteiger partial charge in [0.1, 0.15) is 23.2 Å². The summed E-state index contributed by atoms with van der Waals surface area (Å²) >= 11 is 1.27. The van der Waals surface area contributed by atoms with Gasteiger partial charge in [0.15, 0.2) is 11.6 Å². The minimum atomic E-state index is -1.55. The number of aromatic hydroxyl groups is 1. The Bertz CT molecular complexity index is 1660. The van der Waals surface area contributed by atoms with Gasteiger partial charge in [0.25, 0.3) is 5.91 Å². The van der Waals surface area contributed by atoms with Crippen molar-refractivity contribution < 1.29 is 33.8 Å². The number of carbonyl (C=O) groups is 4. The van der Waals surface area contributed by atoms with Gasteiger partial charge < -0.3 is 20.8 Å². The first-order valence-electron chi connectivity index (χ1n) is 11.6. The summed E-state index contributed by atoms with van der Waals surface area (Å²) in [6.07, 6.45) is 0. The Kier molecular flexibility index (Phi) is 6.42. The zero-order valence-electron chi connectivity index (χ0n) is 20.5. The van der Waals surface area contributed by atoms with Crippen LogP contribution in [-0.2, 0) is 21.4 Å². The molecule has 39 heavy (non-hydrogen) atoms. The largest absolute Gasteiger partial charge is 0.505 e. The number of carboxylic acid groups (broad SMARTS) is 1. The third kappa shape index (κ3) is 4.22. The highest BCUT2D eigenvalue weighted by Gasteiger charge is 2.54. The number of thioether (sulfide) groups is 1. The highest BCUT2D eigenvalue weighted by Crippen LogP contribution is 2.40. The quantitative estimate of drug-likeness (QED) is 0.342. The van der Waals surface area contributed by atoms with Gasteiger partial charge in [-0.2, -0.15) is 0 Å². The number of benzene rings is 2. The molecule has 12 nitrogen and oxygen atoms in total. The molecule has 2 unspecified atom stereocenters. The summed E-state index contributed by atoms with van der Waals surface area (Å²) in [4.78, 5) is 65.3. The lowest BCUT2D eigenvalue weighted by atomic mass is 10.0. The molecule has 0 spiro atoms. The molecule has 2 aliphatic rings. The van der Waals surface area contributed by atoms with Gasteiger partial charge in [0, 0.05) is 12.8 Å². The zero-order valence-corrected chi connectivity index (χ0v) is 21.4. The second-order valence-corrected chi connectivity index (χ2v) is 10.2. The topological polar surface area (TPSA) is 163 Å². The molecule has 3 heterocycles. The number of aliphatic carboxylic acids is 1. The fourth-order valence-corrected chi connectivity index (χ4v) is 5.99. The number of amides is 3. The van der Waals surface area contributed by atoms with Crippen LogP contribution in [0.3, 0.4) is 0 Å². The third-order valence-electron chi connectivity index (χ3n) is 6.66. The minimum Gasteiger partial charge on any atom is -0.505 e. The summed E-state index contributed by atoms with van der Waals surface area (Å²) in [5.74, 6) is -4.19. The number of phenolic OH excluding ortho intramolecular Hbond substituents is 1. The van der Waals surface area contributed by atoms with E-state index in [2.05, 4.69) is 10.6 Å². The van der Waals surface area contributed by atoms with E-state index in [1.54, 1.807) is 31.2 Å². The monoisotopic (exact) mass is 555 g/mol. The van der Waals surface area contributed by atoms with E-state index >= 15 is 0 Å². The van der Waals surface area contributed by atoms with Gasteiger partial charge >= 0.3 is 17.7 Å². The highest BCUT2D eigenvalue weighted by atomic mass is 32.2. The van der Waals surface area contributed by atoms with Crippen molar-refractivity contribution in [2.24, 2.45) is 7.05 Å². The molecular formula is C25H22FN5O7S. The van der Waals surface area contributed by atoms with Crippen LogP contribution in [0.25, 0.3) is 11.0 Å². The Morgan fingerprint density at radius 1 is 1.13 bits per heavy atom. The molecular weight excluding hydrogens is 533 g/mol. The number of β-lactam (4-membered cyclic amide) rings is 1. The van der Waals surface area contributed by atoms with E-state index < -0.39 is 58.5 Å². The van der Waals surface area contributed by atoms with Crippen LogP contribution in [0.4, 0.5) is 9.18 Å². The Balaban J connectivity index is 1.46. The molecule has 3 atom stereocenters. The lowest BCUT2D eigenvalue weighted by molar-refractivity contribution is -0.151. The summed E-state index contributed by atoms with van der Waals surface area (Å²) in [5, 5.41) is 23.7. The van der Waals surface area contributed by atoms with Crippen molar-refractivity contribution in [2.75, 3.05) is 5.75 Å². The van der Waals surface area contributed by atoms with E-state index in [0.29, 0.717) is 16.8 Å². The first-order chi connectivity index (χ1) is 18.5. The van der Waals surface area contributed by atoms with Crippen LogP contribution in [0.1, 0.15) is 18.5 Å². The van der Waals surface area contributed by atoms with Crippen LogP contribution in [-0.4, -0.2) is 65.2 Å². The number of hydrogen-bond acceptors (Lipinski definition) is 7. The summed E-state index contributed by atoms with van der Waals surface area (Å²) in [5.41, 5.74) is 0.407. The third-order valence-corrected chi connectivity index (χ3v) is 8.08. The second-order valence-electron chi connectivity index (χ2n) is 9.09. The summed E-state index contributed by atoms with van der Waals surface area (Å²) < 4.78 is 15.9. The molecule has 0 bridgehead atoms. The lowest BCUT2D eigenvalue weighted by Gasteiger charge is -2.49. The fraction of sp³-hybridized carbons (Fsp3) is 0.240. The average Bonchev–Trinajstić information content (AvgIpc) is 3.16. The van der Waals surface area contributed by atoms with Crippen LogP contribution in [0.15, 0.2) is 58.5 Å². The molecule has 0 radical (unpaired) electrons. The standard InChI is InChI=1S/C25H22FN5O7S/c1-11-10-39-22-18(21(34)31(22)19(11)23(35)36)27-20(33)17(12-7-8-13(26)16(32)9-12)28-24(37)30-15-6-4-3-5-14(15)29(2)25(30)38/h3-9,17-18,22,32H,10H2,1-2H3,(H,27,33)(H,28,37)(H,35,36)/t17?,18?,22-/m0/s1.